The Hall–Kier alpha value is -1.16. The first-order valence-corrected chi connectivity index (χ1v) is 7.20. The molecule has 0 atom stereocenters. The Kier molecular flexibility index (Phi) is 7.72. The fourth-order valence-electron chi connectivity index (χ4n) is 1.37. The number of H-pyrrole nitrogens is 1. The zero-order valence-corrected chi connectivity index (χ0v) is 13.2. The van der Waals surface area contributed by atoms with Crippen molar-refractivity contribution in [2.24, 2.45) is 0 Å². The fraction of sp³-hybridized carbons (Fsp3) is 0.600. The number of hydrogen-bond donors (Lipinski definition) is 2. The Morgan fingerprint density at radius 1 is 1.55 bits per heavy atom. The Bertz CT molecular complexity index is 531. The van der Waals surface area contributed by atoms with Gasteiger partial charge in [-0.1, -0.05) is 0 Å². The second-order valence-electron chi connectivity index (χ2n) is 3.76. The summed E-state index contributed by atoms with van der Waals surface area (Å²) in [5, 5.41) is 8.55. The van der Waals surface area contributed by atoms with E-state index in [0.29, 0.717) is 6.54 Å². The van der Waals surface area contributed by atoms with Crippen molar-refractivity contribution < 1.29 is 17.9 Å². The highest BCUT2D eigenvalue weighted by molar-refractivity contribution is 7.89. The first kappa shape index (κ1) is 18.8. The van der Waals surface area contributed by atoms with E-state index in [1.165, 1.54) is 7.05 Å². The third-order valence-corrected chi connectivity index (χ3v) is 4.27. The van der Waals surface area contributed by atoms with Gasteiger partial charge in [0.05, 0.1) is 12.8 Å². The predicted octanol–water partition coefficient (Wildman–Crippen LogP) is -0.152. The van der Waals surface area contributed by atoms with Gasteiger partial charge < -0.3 is 10.1 Å². The van der Waals surface area contributed by atoms with Crippen molar-refractivity contribution in [2.75, 3.05) is 33.8 Å². The largest absolute Gasteiger partial charge is 0.462 e. The molecule has 0 aliphatic rings. The molecule has 0 spiro atoms. The standard InChI is InChI=1S/C10H18N4O4S.ClH/c1-4-18-10(15)8-7-12-13-9(8)19(16,17)14(3)6-5-11-2;/h7,11H,4-6H2,1-3H3,(H,12,13);1H. The quantitative estimate of drug-likeness (QED) is 0.675. The molecule has 0 bridgehead atoms. The molecule has 0 radical (unpaired) electrons. The van der Waals surface area contributed by atoms with Gasteiger partial charge in [-0.3, -0.25) is 5.10 Å². The lowest BCUT2D eigenvalue weighted by atomic mass is 10.4. The smallest absolute Gasteiger partial charge is 0.342 e. The summed E-state index contributed by atoms with van der Waals surface area (Å²) in [6.45, 7) is 2.59. The number of aromatic amines is 1. The number of nitrogens with one attached hydrogen (secondary N) is 2. The molecule has 1 rings (SSSR count). The van der Waals surface area contributed by atoms with Gasteiger partial charge in [0, 0.05) is 20.1 Å². The van der Waals surface area contributed by atoms with Crippen LogP contribution in [0.15, 0.2) is 11.2 Å². The van der Waals surface area contributed by atoms with E-state index in [2.05, 4.69) is 15.5 Å². The molecular formula is C10H19ClN4O4S. The normalized spacial score (nSPS) is 11.2. The molecule has 0 unspecified atom stereocenters. The summed E-state index contributed by atoms with van der Waals surface area (Å²) in [7, 11) is -0.632. The van der Waals surface area contributed by atoms with Crippen LogP contribution in [0, 0.1) is 0 Å². The Balaban J connectivity index is 0.00000361. The highest BCUT2D eigenvalue weighted by Gasteiger charge is 2.29. The maximum absolute atomic E-state index is 12.2. The highest BCUT2D eigenvalue weighted by atomic mass is 35.5. The number of likely N-dealkylation sites (N-methyl/N-ethyl adjacent to an activating group) is 2. The number of halogens is 1. The minimum atomic E-state index is -3.79. The maximum atomic E-state index is 12.2. The van der Waals surface area contributed by atoms with Crippen LogP contribution in [0.2, 0.25) is 0 Å². The molecule has 0 fully saturated rings. The van der Waals surface area contributed by atoms with Crippen LogP contribution < -0.4 is 5.32 Å². The topological polar surface area (TPSA) is 104 Å². The van der Waals surface area contributed by atoms with Gasteiger partial charge in [0.1, 0.15) is 5.56 Å². The average molecular weight is 327 g/mol. The van der Waals surface area contributed by atoms with Gasteiger partial charge in [-0.15, -0.1) is 12.4 Å². The molecule has 20 heavy (non-hydrogen) atoms. The molecule has 0 aromatic carbocycles. The van der Waals surface area contributed by atoms with Crippen molar-refractivity contribution in [3.8, 4) is 0 Å². The van der Waals surface area contributed by atoms with Crippen LogP contribution in [0.3, 0.4) is 0 Å². The molecule has 0 aliphatic heterocycles. The molecule has 1 heterocycles. The molecule has 1 aromatic heterocycles. The molecule has 0 saturated carbocycles. The van der Waals surface area contributed by atoms with Gasteiger partial charge in [0.15, 0.2) is 5.03 Å². The number of ether oxygens (including phenoxy) is 1. The van der Waals surface area contributed by atoms with E-state index in [1.807, 2.05) is 0 Å². The van der Waals surface area contributed by atoms with Crippen molar-refractivity contribution in [2.45, 2.75) is 11.9 Å². The molecule has 0 aliphatic carbocycles. The van der Waals surface area contributed by atoms with Crippen LogP contribution in [0.1, 0.15) is 17.3 Å². The van der Waals surface area contributed by atoms with E-state index in [0.717, 1.165) is 10.5 Å². The zero-order chi connectivity index (χ0) is 14.5. The summed E-state index contributed by atoms with van der Waals surface area (Å²) in [6, 6.07) is 0. The van der Waals surface area contributed by atoms with E-state index in [9.17, 15) is 13.2 Å². The number of carbonyl (C=O) groups is 1. The van der Waals surface area contributed by atoms with Crippen molar-refractivity contribution in [1.82, 2.24) is 19.8 Å². The number of rotatable bonds is 7. The molecule has 10 heteroatoms. The SMILES string of the molecule is CCOC(=O)c1cn[nH]c1S(=O)(=O)N(C)CCNC.Cl. The molecule has 8 nitrogen and oxygen atoms in total. The molecule has 0 amide bonds. The number of sulfonamides is 1. The van der Waals surface area contributed by atoms with E-state index >= 15 is 0 Å². The third kappa shape index (κ3) is 4.17. The summed E-state index contributed by atoms with van der Waals surface area (Å²) in [4.78, 5) is 11.6. The lowest BCUT2D eigenvalue weighted by molar-refractivity contribution is 0.0521. The van der Waals surface area contributed by atoms with Gasteiger partial charge in [0.25, 0.3) is 10.0 Å². The van der Waals surface area contributed by atoms with Crippen LogP contribution in [-0.2, 0) is 14.8 Å². The van der Waals surface area contributed by atoms with Crippen LogP contribution in [0.4, 0.5) is 0 Å². The summed E-state index contributed by atoms with van der Waals surface area (Å²) in [5.41, 5.74) is -0.0850. The number of esters is 1. The summed E-state index contributed by atoms with van der Waals surface area (Å²) in [6.07, 6.45) is 1.15. The van der Waals surface area contributed by atoms with Crippen LogP contribution in [-0.4, -0.2) is 62.7 Å². The van der Waals surface area contributed by atoms with Crippen LogP contribution in [0.25, 0.3) is 0 Å². The van der Waals surface area contributed by atoms with E-state index in [-0.39, 0.29) is 36.1 Å². The molecule has 116 valence electrons. The monoisotopic (exact) mass is 326 g/mol. The van der Waals surface area contributed by atoms with Gasteiger partial charge in [-0.2, -0.15) is 9.40 Å². The number of carbonyl (C=O) groups excluding carboxylic acids is 1. The van der Waals surface area contributed by atoms with Crippen LogP contribution >= 0.6 is 12.4 Å². The summed E-state index contributed by atoms with van der Waals surface area (Å²) in [5.74, 6) is -0.711. The van der Waals surface area contributed by atoms with Gasteiger partial charge >= 0.3 is 5.97 Å². The zero-order valence-electron chi connectivity index (χ0n) is 11.5. The average Bonchev–Trinajstić information content (AvgIpc) is 2.85. The Morgan fingerprint density at radius 3 is 2.75 bits per heavy atom. The van der Waals surface area contributed by atoms with Crippen molar-refractivity contribution >= 4 is 28.4 Å². The van der Waals surface area contributed by atoms with E-state index in [4.69, 9.17) is 4.74 Å². The minimum absolute atomic E-state index is 0. The van der Waals surface area contributed by atoms with Gasteiger partial charge in [-0.05, 0) is 14.0 Å². The van der Waals surface area contributed by atoms with E-state index < -0.39 is 16.0 Å². The number of hydrogen-bond acceptors (Lipinski definition) is 6. The molecule has 0 saturated heterocycles. The molecular weight excluding hydrogens is 308 g/mol. The maximum Gasteiger partial charge on any atom is 0.342 e. The van der Waals surface area contributed by atoms with Crippen molar-refractivity contribution in [3.05, 3.63) is 11.8 Å². The number of aromatic nitrogens is 2. The third-order valence-electron chi connectivity index (χ3n) is 2.44. The Labute approximate surface area is 124 Å². The Morgan fingerprint density at radius 2 is 2.20 bits per heavy atom. The molecule has 1 aromatic rings. The van der Waals surface area contributed by atoms with E-state index in [1.54, 1.807) is 14.0 Å². The highest BCUT2D eigenvalue weighted by Crippen LogP contribution is 2.17. The van der Waals surface area contributed by atoms with Gasteiger partial charge in [-0.25, -0.2) is 13.2 Å². The summed E-state index contributed by atoms with van der Waals surface area (Å²) >= 11 is 0. The van der Waals surface area contributed by atoms with Gasteiger partial charge in [0.2, 0.25) is 0 Å². The first-order valence-electron chi connectivity index (χ1n) is 5.76. The second kappa shape index (κ2) is 8.20. The fourth-order valence-corrected chi connectivity index (χ4v) is 2.60. The first-order chi connectivity index (χ1) is 8.95. The molecule has 2 N–H and O–H groups in total. The van der Waals surface area contributed by atoms with Crippen molar-refractivity contribution in [3.63, 3.8) is 0 Å². The number of nitrogens with zero attached hydrogens (tertiary/aromatic N) is 2. The minimum Gasteiger partial charge on any atom is -0.462 e. The second-order valence-corrected chi connectivity index (χ2v) is 5.75. The van der Waals surface area contributed by atoms with Crippen LogP contribution in [0.5, 0.6) is 0 Å². The van der Waals surface area contributed by atoms with Crippen molar-refractivity contribution in [1.29, 1.82) is 0 Å². The summed E-state index contributed by atoms with van der Waals surface area (Å²) < 4.78 is 30.4. The lowest BCUT2D eigenvalue weighted by Crippen LogP contribution is -2.33. The lowest BCUT2D eigenvalue weighted by Gasteiger charge is -2.16. The predicted molar refractivity (Wildman–Crippen MR) is 75.5 cm³/mol.